The molecular weight excluding hydrogens is 664 g/mol. The van der Waals surface area contributed by atoms with E-state index in [4.69, 9.17) is 19.7 Å². The molecule has 0 amide bonds. The van der Waals surface area contributed by atoms with E-state index in [0.29, 0.717) is 48.6 Å². The Labute approximate surface area is 299 Å². The SMILES string of the molecule is CCCCC1CCC(C(F)(F)Oc2ccc(/C=C/C(=O)O)cc2)CC1.CCCCCC1CCCC(C(F)(F)Oc2ccc(/C=C/C(=O)O)cc2)C1. The molecule has 4 rings (SSSR count). The molecule has 0 saturated heterocycles. The van der Waals surface area contributed by atoms with Crippen LogP contribution in [0.15, 0.2) is 60.7 Å². The number of carboxylic acids is 2. The minimum Gasteiger partial charge on any atom is -0.478 e. The lowest BCUT2D eigenvalue weighted by atomic mass is 9.78. The van der Waals surface area contributed by atoms with Crippen LogP contribution < -0.4 is 9.47 Å². The third kappa shape index (κ3) is 15.1. The van der Waals surface area contributed by atoms with E-state index in [1.807, 2.05) is 0 Å². The zero-order valence-electron chi connectivity index (χ0n) is 29.9. The summed E-state index contributed by atoms with van der Waals surface area (Å²) in [5.41, 5.74) is 1.24. The molecule has 2 atom stereocenters. The van der Waals surface area contributed by atoms with Crippen molar-refractivity contribution in [3.05, 3.63) is 71.8 Å². The highest BCUT2D eigenvalue weighted by Gasteiger charge is 2.45. The second-order valence-electron chi connectivity index (χ2n) is 13.9. The van der Waals surface area contributed by atoms with Gasteiger partial charge in [0.05, 0.1) is 11.8 Å². The van der Waals surface area contributed by atoms with Crippen LogP contribution in [-0.4, -0.2) is 34.4 Å². The number of ether oxygens (including phenoxy) is 2. The van der Waals surface area contributed by atoms with Gasteiger partial charge in [0.25, 0.3) is 0 Å². The van der Waals surface area contributed by atoms with Crippen molar-refractivity contribution in [2.24, 2.45) is 23.7 Å². The Morgan fingerprint density at radius 3 is 1.59 bits per heavy atom. The zero-order chi connectivity index (χ0) is 37.3. The molecule has 0 aliphatic heterocycles. The first-order valence-corrected chi connectivity index (χ1v) is 18.5. The molecule has 2 N–H and O–H groups in total. The number of benzene rings is 2. The van der Waals surface area contributed by atoms with Crippen molar-refractivity contribution in [1.82, 2.24) is 0 Å². The molecule has 2 aliphatic rings. The van der Waals surface area contributed by atoms with Gasteiger partial charge in [0.15, 0.2) is 0 Å². The van der Waals surface area contributed by atoms with Crippen LogP contribution in [0.25, 0.3) is 12.2 Å². The van der Waals surface area contributed by atoms with Crippen LogP contribution in [0.5, 0.6) is 11.5 Å². The average molecular weight is 719 g/mol. The second kappa shape index (κ2) is 20.9. The average Bonchev–Trinajstić information content (AvgIpc) is 3.10. The smallest absolute Gasteiger partial charge is 0.400 e. The number of hydrogen-bond acceptors (Lipinski definition) is 4. The molecule has 0 radical (unpaired) electrons. The number of aliphatic carboxylic acids is 2. The molecule has 2 saturated carbocycles. The van der Waals surface area contributed by atoms with Crippen molar-refractivity contribution in [2.75, 3.05) is 0 Å². The molecule has 2 aromatic carbocycles. The van der Waals surface area contributed by atoms with Crippen LogP contribution in [0.4, 0.5) is 17.6 Å². The minimum absolute atomic E-state index is 0.102. The van der Waals surface area contributed by atoms with Crippen molar-refractivity contribution in [3.8, 4) is 11.5 Å². The summed E-state index contributed by atoms with van der Waals surface area (Å²) in [7, 11) is 0. The molecule has 2 unspecified atom stereocenters. The van der Waals surface area contributed by atoms with Crippen LogP contribution in [0, 0.1) is 23.7 Å². The van der Waals surface area contributed by atoms with E-state index >= 15 is 0 Å². The number of halogens is 4. The lowest BCUT2D eigenvalue weighted by Gasteiger charge is -2.34. The Kier molecular flexibility index (Phi) is 17.0. The standard InChI is InChI=1S/C21H28F2O3.C20H26F2O3/c1-2-3-4-6-17-7-5-8-18(15-17)21(22,23)26-19-12-9-16(10-13-19)11-14-20(24)25;1-2-3-4-15-5-10-17(11-6-15)20(21,22)25-18-12-7-16(8-13-18)9-14-19(23)24/h9-14,17-18H,2-8,15H2,1H3,(H,24,25);7-9,12-15,17H,2-6,10-11H2,1H3,(H,23,24)/b14-11+;14-9+. The van der Waals surface area contributed by atoms with E-state index in [0.717, 1.165) is 76.4 Å². The molecule has 10 heteroatoms. The molecule has 0 spiro atoms. The van der Waals surface area contributed by atoms with Gasteiger partial charge in [-0.1, -0.05) is 95.9 Å². The van der Waals surface area contributed by atoms with Gasteiger partial charge < -0.3 is 19.7 Å². The Morgan fingerprint density at radius 1 is 0.647 bits per heavy atom. The molecule has 282 valence electrons. The topological polar surface area (TPSA) is 93.1 Å². The van der Waals surface area contributed by atoms with E-state index < -0.39 is 36.0 Å². The van der Waals surface area contributed by atoms with Gasteiger partial charge in [-0.3, -0.25) is 0 Å². The third-order valence-electron chi connectivity index (χ3n) is 9.87. The molecule has 2 aromatic rings. The first kappa shape index (κ1) is 41.6. The molecule has 6 nitrogen and oxygen atoms in total. The van der Waals surface area contributed by atoms with Gasteiger partial charge in [-0.15, -0.1) is 0 Å². The predicted octanol–water partition coefficient (Wildman–Crippen LogP) is 11.9. The first-order valence-electron chi connectivity index (χ1n) is 18.5. The van der Waals surface area contributed by atoms with Gasteiger partial charge in [-0.05, 0) is 97.9 Å². The van der Waals surface area contributed by atoms with E-state index in [9.17, 15) is 27.2 Å². The van der Waals surface area contributed by atoms with Crippen molar-refractivity contribution >= 4 is 24.1 Å². The van der Waals surface area contributed by atoms with Crippen LogP contribution in [-0.2, 0) is 9.59 Å². The van der Waals surface area contributed by atoms with Gasteiger partial charge in [0, 0.05) is 12.2 Å². The Balaban J connectivity index is 0.000000276. The van der Waals surface area contributed by atoms with Gasteiger partial charge in [0.2, 0.25) is 0 Å². The molecule has 2 aliphatic carbocycles. The summed E-state index contributed by atoms with van der Waals surface area (Å²) in [4.78, 5) is 21.0. The number of carbonyl (C=O) groups is 2. The van der Waals surface area contributed by atoms with Gasteiger partial charge in [-0.2, -0.15) is 17.6 Å². The third-order valence-corrected chi connectivity index (χ3v) is 9.87. The summed E-state index contributed by atoms with van der Waals surface area (Å²) in [5.74, 6) is -2.43. The highest BCUT2D eigenvalue weighted by Crippen LogP contribution is 2.43. The van der Waals surface area contributed by atoms with Crippen molar-refractivity contribution in [1.29, 1.82) is 0 Å². The van der Waals surface area contributed by atoms with Gasteiger partial charge in [0.1, 0.15) is 11.5 Å². The molecule has 2 fully saturated rings. The maximum atomic E-state index is 14.6. The largest absolute Gasteiger partial charge is 0.478 e. The van der Waals surface area contributed by atoms with Crippen molar-refractivity contribution < 1.29 is 46.8 Å². The fourth-order valence-corrected chi connectivity index (χ4v) is 6.93. The van der Waals surface area contributed by atoms with Crippen LogP contribution in [0.3, 0.4) is 0 Å². The number of unbranched alkanes of at least 4 members (excludes halogenated alkanes) is 3. The van der Waals surface area contributed by atoms with Crippen LogP contribution in [0.1, 0.15) is 121 Å². The number of alkyl halides is 4. The first-order chi connectivity index (χ1) is 24.3. The molecular formula is C41H54F4O6. The molecule has 0 bridgehead atoms. The number of rotatable bonds is 17. The van der Waals surface area contributed by atoms with Crippen molar-refractivity contribution in [2.45, 2.75) is 122 Å². The molecule has 0 heterocycles. The predicted molar refractivity (Wildman–Crippen MR) is 192 cm³/mol. The highest BCUT2D eigenvalue weighted by atomic mass is 19.3. The highest BCUT2D eigenvalue weighted by molar-refractivity contribution is 5.85. The fraction of sp³-hybridized carbons (Fsp3) is 0.561. The van der Waals surface area contributed by atoms with Crippen LogP contribution in [0.2, 0.25) is 0 Å². The van der Waals surface area contributed by atoms with E-state index in [2.05, 4.69) is 13.8 Å². The summed E-state index contributed by atoms with van der Waals surface area (Å²) in [6.45, 7) is 4.30. The maximum Gasteiger partial charge on any atom is 0.400 e. The van der Waals surface area contributed by atoms with Gasteiger partial charge in [-0.25, -0.2) is 9.59 Å². The molecule has 0 aromatic heterocycles. The Bertz CT molecular complexity index is 1380. The summed E-state index contributed by atoms with van der Waals surface area (Å²) >= 11 is 0. The normalized spacial score (nSPS) is 21.2. The lowest BCUT2D eigenvalue weighted by molar-refractivity contribution is -0.225. The van der Waals surface area contributed by atoms with Crippen LogP contribution >= 0.6 is 0 Å². The Morgan fingerprint density at radius 2 is 1.12 bits per heavy atom. The summed E-state index contributed by atoms with van der Waals surface area (Å²) in [6, 6.07) is 12.1. The van der Waals surface area contributed by atoms with E-state index in [-0.39, 0.29) is 11.5 Å². The summed E-state index contributed by atoms with van der Waals surface area (Å²) in [5, 5.41) is 17.2. The molecule has 51 heavy (non-hydrogen) atoms. The Hall–Kier alpha value is -3.82. The lowest BCUT2D eigenvalue weighted by Crippen LogP contribution is -2.37. The fourth-order valence-electron chi connectivity index (χ4n) is 6.93. The maximum absolute atomic E-state index is 14.6. The number of carboxylic acid groups (broad SMARTS) is 2. The number of hydrogen-bond donors (Lipinski definition) is 2. The monoisotopic (exact) mass is 718 g/mol. The summed E-state index contributed by atoms with van der Waals surface area (Å²) in [6.07, 6.45) is 12.0. The second-order valence-corrected chi connectivity index (χ2v) is 13.9. The zero-order valence-corrected chi connectivity index (χ0v) is 29.9. The van der Waals surface area contributed by atoms with E-state index in [1.165, 1.54) is 42.8 Å². The van der Waals surface area contributed by atoms with E-state index in [1.54, 1.807) is 24.3 Å². The van der Waals surface area contributed by atoms with Crippen molar-refractivity contribution in [3.63, 3.8) is 0 Å². The van der Waals surface area contributed by atoms with Gasteiger partial charge >= 0.3 is 24.2 Å². The quantitative estimate of drug-likeness (QED) is 0.0961. The minimum atomic E-state index is -3.18. The summed E-state index contributed by atoms with van der Waals surface area (Å²) < 4.78 is 68.0.